The zero-order valence-corrected chi connectivity index (χ0v) is 13.1. The summed E-state index contributed by atoms with van der Waals surface area (Å²) in [6.45, 7) is 7.43. The summed E-state index contributed by atoms with van der Waals surface area (Å²) in [7, 11) is 0. The lowest BCUT2D eigenvalue weighted by Gasteiger charge is -2.45. The second kappa shape index (κ2) is 6.23. The average molecular weight is 296 g/mol. The van der Waals surface area contributed by atoms with Gasteiger partial charge in [-0.25, -0.2) is 0 Å². The van der Waals surface area contributed by atoms with Crippen LogP contribution in [0.2, 0.25) is 0 Å². The fourth-order valence-electron chi connectivity index (χ4n) is 4.48. The van der Waals surface area contributed by atoms with E-state index in [2.05, 4.69) is 4.90 Å². The van der Waals surface area contributed by atoms with Gasteiger partial charge in [-0.05, 0) is 44.2 Å². The van der Waals surface area contributed by atoms with Crippen LogP contribution in [0.3, 0.4) is 0 Å². The zero-order chi connectivity index (χ0) is 14.9. The average Bonchev–Trinajstić information content (AvgIpc) is 2.87. The van der Waals surface area contributed by atoms with Gasteiger partial charge in [-0.1, -0.05) is 0 Å². The number of aliphatic hydroxyl groups excluding tert-OH is 1. The number of piperidine rings is 1. The molecule has 0 aromatic carbocycles. The first kappa shape index (κ1) is 15.3. The first-order valence-corrected chi connectivity index (χ1v) is 8.33. The highest BCUT2D eigenvalue weighted by Crippen LogP contribution is 2.45. The molecular formula is C16H28N2O3. The molecule has 0 radical (unpaired) electrons. The maximum Gasteiger partial charge on any atom is 0.219 e. The van der Waals surface area contributed by atoms with Crippen molar-refractivity contribution in [2.45, 2.75) is 38.6 Å². The molecule has 3 saturated heterocycles. The molecule has 3 heterocycles. The molecule has 21 heavy (non-hydrogen) atoms. The van der Waals surface area contributed by atoms with Crippen LogP contribution in [0.15, 0.2) is 0 Å². The number of hydrogen-bond donors (Lipinski definition) is 1. The molecule has 0 aromatic rings. The molecule has 5 nitrogen and oxygen atoms in total. The van der Waals surface area contributed by atoms with Crippen molar-refractivity contribution < 1.29 is 14.6 Å². The number of carbonyl (C=O) groups excluding carboxylic acids is 1. The molecule has 1 atom stereocenters. The highest BCUT2D eigenvalue weighted by Gasteiger charge is 2.48. The molecule has 120 valence electrons. The Hall–Kier alpha value is -0.650. The van der Waals surface area contributed by atoms with Gasteiger partial charge in [-0.3, -0.25) is 4.79 Å². The van der Waals surface area contributed by atoms with Gasteiger partial charge in [0.15, 0.2) is 0 Å². The van der Waals surface area contributed by atoms with Gasteiger partial charge in [0.25, 0.3) is 0 Å². The number of carbonyl (C=O) groups is 1. The third kappa shape index (κ3) is 2.96. The van der Waals surface area contributed by atoms with Crippen molar-refractivity contribution >= 4 is 5.91 Å². The predicted molar refractivity (Wildman–Crippen MR) is 79.9 cm³/mol. The quantitative estimate of drug-likeness (QED) is 0.816. The summed E-state index contributed by atoms with van der Waals surface area (Å²) in [5.41, 5.74) is 0.155. The minimum Gasteiger partial charge on any atom is -0.396 e. The Balaban J connectivity index is 1.61. The van der Waals surface area contributed by atoms with Crippen LogP contribution in [0.25, 0.3) is 0 Å². The minimum absolute atomic E-state index is 0.150. The van der Waals surface area contributed by atoms with Crippen molar-refractivity contribution in [1.82, 2.24) is 9.80 Å². The van der Waals surface area contributed by atoms with E-state index in [4.69, 9.17) is 4.74 Å². The highest BCUT2D eigenvalue weighted by molar-refractivity contribution is 5.73. The molecule has 0 aromatic heterocycles. The van der Waals surface area contributed by atoms with Crippen molar-refractivity contribution in [1.29, 1.82) is 0 Å². The van der Waals surface area contributed by atoms with E-state index in [0.717, 1.165) is 65.1 Å². The van der Waals surface area contributed by atoms with Gasteiger partial charge in [0.2, 0.25) is 5.91 Å². The number of nitrogens with zero attached hydrogens (tertiary/aromatic N) is 2. The lowest BCUT2D eigenvalue weighted by atomic mass is 9.71. The van der Waals surface area contributed by atoms with Crippen LogP contribution in [0.5, 0.6) is 0 Å². The Morgan fingerprint density at radius 3 is 2.52 bits per heavy atom. The maximum atomic E-state index is 11.7. The van der Waals surface area contributed by atoms with Gasteiger partial charge in [-0.15, -0.1) is 0 Å². The number of amides is 1. The van der Waals surface area contributed by atoms with E-state index in [-0.39, 0.29) is 23.8 Å². The molecule has 1 N–H and O–H groups in total. The maximum absolute atomic E-state index is 11.7. The van der Waals surface area contributed by atoms with Crippen LogP contribution in [0, 0.1) is 11.3 Å². The van der Waals surface area contributed by atoms with Crippen LogP contribution in [0.4, 0.5) is 0 Å². The molecule has 3 aliphatic heterocycles. The predicted octanol–water partition coefficient (Wildman–Crippen LogP) is 0.718. The van der Waals surface area contributed by atoms with Crippen LogP contribution in [0.1, 0.15) is 32.6 Å². The number of hydrogen-bond acceptors (Lipinski definition) is 4. The van der Waals surface area contributed by atoms with E-state index in [1.54, 1.807) is 6.92 Å². The van der Waals surface area contributed by atoms with Crippen molar-refractivity contribution in [3.8, 4) is 0 Å². The normalized spacial score (nSPS) is 31.0. The fraction of sp³-hybridized carbons (Fsp3) is 0.938. The Morgan fingerprint density at radius 1 is 1.29 bits per heavy atom. The first-order chi connectivity index (χ1) is 10.1. The SMILES string of the molecule is CC(=O)N1CC(CO)C2(CCN(C3CCOCC3)CC2)C1. The molecule has 3 rings (SSSR count). The number of likely N-dealkylation sites (tertiary alicyclic amines) is 2. The Labute approximate surface area is 127 Å². The summed E-state index contributed by atoms with van der Waals surface area (Å²) in [5.74, 6) is 0.412. The van der Waals surface area contributed by atoms with Crippen LogP contribution in [-0.4, -0.2) is 72.9 Å². The largest absolute Gasteiger partial charge is 0.396 e. The third-order valence-corrected chi connectivity index (χ3v) is 5.98. The summed E-state index contributed by atoms with van der Waals surface area (Å²) < 4.78 is 5.45. The van der Waals surface area contributed by atoms with Crippen molar-refractivity contribution in [2.24, 2.45) is 11.3 Å². The topological polar surface area (TPSA) is 53.0 Å². The lowest BCUT2D eigenvalue weighted by molar-refractivity contribution is -0.128. The van der Waals surface area contributed by atoms with E-state index in [1.807, 2.05) is 4.90 Å². The second-order valence-electron chi connectivity index (χ2n) is 7.02. The molecule has 1 unspecified atom stereocenters. The first-order valence-electron chi connectivity index (χ1n) is 8.33. The zero-order valence-electron chi connectivity index (χ0n) is 13.1. The van der Waals surface area contributed by atoms with Crippen molar-refractivity contribution in [2.75, 3.05) is 46.0 Å². The molecular weight excluding hydrogens is 268 g/mol. The molecule has 5 heteroatoms. The fourth-order valence-corrected chi connectivity index (χ4v) is 4.48. The molecule has 1 amide bonds. The number of rotatable bonds is 2. The van der Waals surface area contributed by atoms with Gasteiger partial charge in [0.1, 0.15) is 0 Å². The van der Waals surface area contributed by atoms with Gasteiger partial charge < -0.3 is 19.6 Å². The van der Waals surface area contributed by atoms with E-state index < -0.39 is 0 Å². The van der Waals surface area contributed by atoms with Crippen LogP contribution >= 0.6 is 0 Å². The Bertz CT molecular complexity index is 374. The monoisotopic (exact) mass is 296 g/mol. The summed E-state index contributed by atoms with van der Waals surface area (Å²) in [4.78, 5) is 16.2. The number of aliphatic hydroxyl groups is 1. The van der Waals surface area contributed by atoms with Gasteiger partial charge in [0, 0.05) is 51.8 Å². The second-order valence-corrected chi connectivity index (χ2v) is 7.02. The molecule has 0 aliphatic carbocycles. The van der Waals surface area contributed by atoms with Gasteiger partial charge in [0.05, 0.1) is 0 Å². The summed E-state index contributed by atoms with van der Waals surface area (Å²) in [6.07, 6.45) is 4.52. The van der Waals surface area contributed by atoms with Crippen molar-refractivity contribution in [3.05, 3.63) is 0 Å². The highest BCUT2D eigenvalue weighted by atomic mass is 16.5. The molecule has 3 aliphatic rings. The lowest BCUT2D eigenvalue weighted by Crippen LogP contribution is -2.49. The van der Waals surface area contributed by atoms with E-state index in [9.17, 15) is 9.90 Å². The Kier molecular flexibility index (Phi) is 4.52. The van der Waals surface area contributed by atoms with E-state index >= 15 is 0 Å². The van der Waals surface area contributed by atoms with Crippen LogP contribution in [-0.2, 0) is 9.53 Å². The molecule has 0 bridgehead atoms. The van der Waals surface area contributed by atoms with Crippen LogP contribution < -0.4 is 0 Å². The summed E-state index contributed by atoms with van der Waals surface area (Å²) >= 11 is 0. The third-order valence-electron chi connectivity index (χ3n) is 5.98. The Morgan fingerprint density at radius 2 is 1.95 bits per heavy atom. The summed E-state index contributed by atoms with van der Waals surface area (Å²) in [5, 5.41) is 9.73. The van der Waals surface area contributed by atoms with E-state index in [0.29, 0.717) is 6.04 Å². The van der Waals surface area contributed by atoms with Gasteiger partial charge >= 0.3 is 0 Å². The smallest absolute Gasteiger partial charge is 0.219 e. The standard InChI is InChI=1S/C16H28N2O3/c1-13(20)18-10-14(11-19)16(12-18)4-6-17(7-5-16)15-2-8-21-9-3-15/h14-15,19H,2-12H2,1H3. The number of ether oxygens (including phenoxy) is 1. The summed E-state index contributed by atoms with van der Waals surface area (Å²) in [6, 6.07) is 0.675. The van der Waals surface area contributed by atoms with Crippen molar-refractivity contribution in [3.63, 3.8) is 0 Å². The van der Waals surface area contributed by atoms with Gasteiger partial charge in [-0.2, -0.15) is 0 Å². The molecule has 3 fully saturated rings. The molecule has 0 saturated carbocycles. The van der Waals surface area contributed by atoms with E-state index in [1.165, 1.54) is 0 Å². The molecule has 1 spiro atoms. The minimum atomic E-state index is 0.150.